The van der Waals surface area contributed by atoms with Gasteiger partial charge in [-0.25, -0.2) is 4.79 Å². The second kappa shape index (κ2) is 5.97. The van der Waals surface area contributed by atoms with Crippen molar-refractivity contribution in [3.05, 3.63) is 11.6 Å². The molecular formula is C8H12N3NaO7S. The summed E-state index contributed by atoms with van der Waals surface area (Å²) < 4.78 is 34.1. The van der Waals surface area contributed by atoms with Crippen molar-refractivity contribution in [2.24, 2.45) is 5.73 Å². The molecule has 0 spiro atoms. The molecule has 0 aliphatic carbocycles. The van der Waals surface area contributed by atoms with Crippen LogP contribution < -0.4 is 5.73 Å². The van der Waals surface area contributed by atoms with Gasteiger partial charge in [-0.1, -0.05) is 0 Å². The van der Waals surface area contributed by atoms with Gasteiger partial charge in [0.25, 0.3) is 0 Å². The number of aliphatic hydroxyl groups is 1. The third-order valence-electron chi connectivity index (χ3n) is 2.86. The number of hydroxylamine groups is 2. The normalized spacial score (nSPS) is 25.3. The predicted octanol–water partition coefficient (Wildman–Crippen LogP) is -3.04. The fourth-order valence-electron chi connectivity index (χ4n) is 2.09. The number of primary amides is 1. The molecule has 2 heterocycles. The summed E-state index contributed by atoms with van der Waals surface area (Å²) in [5.41, 5.74) is 5.06. The van der Waals surface area contributed by atoms with Crippen molar-refractivity contribution in [3.8, 4) is 0 Å². The zero-order valence-corrected chi connectivity index (χ0v) is 10.3. The van der Waals surface area contributed by atoms with E-state index in [0.717, 1.165) is 4.90 Å². The molecule has 1 fully saturated rings. The average molecular weight is 317 g/mol. The molecule has 0 saturated carbocycles. The summed E-state index contributed by atoms with van der Waals surface area (Å²) in [7, 11) is -4.92. The van der Waals surface area contributed by atoms with Gasteiger partial charge >= 0.3 is 46.0 Å². The maximum absolute atomic E-state index is 11.9. The molecule has 2 bridgehead atoms. The van der Waals surface area contributed by atoms with Crippen LogP contribution in [0.1, 0.15) is 0 Å². The Morgan fingerprint density at radius 2 is 2.15 bits per heavy atom. The standard InChI is InChI=1S/C8H11N3O7S.Na.H/c9-7(13)5-1-4(3-12)10-2-6(5)11(8(10)14)18-19(15,16)17;;/h1,4,6,12H,2-3H2,(H2,9,13)(H,15,16,17);;/t4-,6-;;/m0../s1. The van der Waals surface area contributed by atoms with Crippen molar-refractivity contribution in [1.29, 1.82) is 0 Å². The number of carbonyl (C=O) groups is 2. The van der Waals surface area contributed by atoms with E-state index < -0.39 is 41.0 Å². The number of carbonyl (C=O) groups excluding carboxylic acids is 2. The quantitative estimate of drug-likeness (QED) is 0.368. The number of hydrogen-bond acceptors (Lipinski definition) is 6. The zero-order valence-electron chi connectivity index (χ0n) is 9.46. The second-order valence-electron chi connectivity index (χ2n) is 4.01. The summed E-state index contributed by atoms with van der Waals surface area (Å²) in [5, 5.41) is 9.48. The van der Waals surface area contributed by atoms with E-state index in [-0.39, 0.29) is 41.7 Å². The molecule has 20 heavy (non-hydrogen) atoms. The second-order valence-corrected chi connectivity index (χ2v) is 5.02. The first-order valence-electron chi connectivity index (χ1n) is 5.14. The van der Waals surface area contributed by atoms with Crippen molar-refractivity contribution >= 4 is 51.9 Å². The summed E-state index contributed by atoms with van der Waals surface area (Å²) in [6, 6.07) is -2.75. The van der Waals surface area contributed by atoms with Crippen molar-refractivity contribution in [2.45, 2.75) is 12.1 Å². The molecule has 0 radical (unpaired) electrons. The van der Waals surface area contributed by atoms with Crippen molar-refractivity contribution in [1.82, 2.24) is 9.96 Å². The van der Waals surface area contributed by atoms with Gasteiger partial charge in [-0.05, 0) is 6.08 Å². The van der Waals surface area contributed by atoms with Crippen LogP contribution in [-0.4, -0.2) is 94.8 Å². The molecule has 108 valence electrons. The Bertz CT molecular complexity index is 562. The molecule has 0 aromatic heterocycles. The molecule has 1 saturated heterocycles. The van der Waals surface area contributed by atoms with Crippen LogP contribution in [-0.2, 0) is 19.5 Å². The van der Waals surface area contributed by atoms with E-state index in [4.69, 9.17) is 15.4 Å². The van der Waals surface area contributed by atoms with E-state index in [0.29, 0.717) is 5.06 Å². The van der Waals surface area contributed by atoms with E-state index in [1.165, 1.54) is 6.08 Å². The number of nitrogens with zero attached hydrogens (tertiary/aromatic N) is 2. The Labute approximate surface area is 136 Å². The number of fused-ring (bicyclic) bond motifs is 2. The van der Waals surface area contributed by atoms with Crippen LogP contribution in [0.15, 0.2) is 11.6 Å². The van der Waals surface area contributed by atoms with E-state index >= 15 is 0 Å². The molecule has 0 unspecified atom stereocenters. The summed E-state index contributed by atoms with van der Waals surface area (Å²) in [6.07, 6.45) is 1.27. The minimum absolute atomic E-state index is 0. The van der Waals surface area contributed by atoms with Gasteiger partial charge in [0.1, 0.15) is 6.04 Å². The maximum atomic E-state index is 11.9. The first-order chi connectivity index (χ1) is 8.74. The third kappa shape index (κ3) is 3.14. The van der Waals surface area contributed by atoms with Crippen LogP contribution in [0.3, 0.4) is 0 Å². The van der Waals surface area contributed by atoms with Gasteiger partial charge < -0.3 is 15.7 Å². The Hall–Kier alpha value is -0.690. The van der Waals surface area contributed by atoms with E-state index in [1.807, 2.05) is 0 Å². The van der Waals surface area contributed by atoms with Crippen LogP contribution >= 0.6 is 0 Å². The van der Waals surface area contributed by atoms with Gasteiger partial charge in [0.2, 0.25) is 5.91 Å². The summed E-state index contributed by atoms with van der Waals surface area (Å²) in [5.74, 6) is -0.873. The zero-order chi connectivity index (χ0) is 14.4. The molecule has 2 aliphatic heterocycles. The number of urea groups is 1. The molecule has 0 aromatic carbocycles. The third-order valence-corrected chi connectivity index (χ3v) is 3.21. The van der Waals surface area contributed by atoms with Crippen LogP contribution in [0.5, 0.6) is 0 Å². The summed E-state index contributed by atoms with van der Waals surface area (Å²) in [6.45, 7) is -0.538. The van der Waals surface area contributed by atoms with Crippen LogP contribution in [0, 0.1) is 0 Å². The Morgan fingerprint density at radius 3 is 2.60 bits per heavy atom. The molecular weight excluding hydrogens is 305 g/mol. The molecule has 2 aliphatic rings. The van der Waals surface area contributed by atoms with Gasteiger partial charge in [0.05, 0.1) is 19.2 Å². The van der Waals surface area contributed by atoms with Gasteiger partial charge in [0.15, 0.2) is 0 Å². The average Bonchev–Trinajstić information content (AvgIpc) is 2.54. The summed E-state index contributed by atoms with van der Waals surface area (Å²) in [4.78, 5) is 24.2. The Kier molecular flexibility index (Phi) is 5.18. The first kappa shape index (κ1) is 17.4. The van der Waals surface area contributed by atoms with Gasteiger partial charge in [-0.3, -0.25) is 9.35 Å². The van der Waals surface area contributed by atoms with Crippen molar-refractivity contribution < 1.29 is 31.9 Å². The van der Waals surface area contributed by atoms with Crippen molar-refractivity contribution in [3.63, 3.8) is 0 Å². The van der Waals surface area contributed by atoms with Crippen molar-refractivity contribution in [2.75, 3.05) is 13.2 Å². The molecule has 4 N–H and O–H groups in total. The monoisotopic (exact) mass is 317 g/mol. The number of hydrogen-bond donors (Lipinski definition) is 3. The van der Waals surface area contributed by atoms with Gasteiger partial charge in [0, 0.05) is 5.57 Å². The van der Waals surface area contributed by atoms with Crippen LogP contribution in [0.25, 0.3) is 0 Å². The molecule has 2 atom stereocenters. The number of rotatable bonds is 4. The van der Waals surface area contributed by atoms with Gasteiger partial charge in [-0.15, -0.1) is 4.28 Å². The summed E-state index contributed by atoms with van der Waals surface area (Å²) >= 11 is 0. The molecule has 12 heteroatoms. The minimum atomic E-state index is -4.92. The number of amides is 3. The van der Waals surface area contributed by atoms with E-state index in [1.54, 1.807) is 0 Å². The van der Waals surface area contributed by atoms with Crippen LogP contribution in [0.4, 0.5) is 4.79 Å². The molecule has 2 rings (SSSR count). The Balaban J connectivity index is 0.00000200. The fourth-order valence-corrected chi connectivity index (χ4v) is 2.46. The van der Waals surface area contributed by atoms with E-state index in [9.17, 15) is 18.0 Å². The molecule has 3 amide bonds. The fraction of sp³-hybridized carbons (Fsp3) is 0.500. The topological polar surface area (TPSA) is 150 Å². The number of nitrogens with two attached hydrogens (primary N) is 1. The van der Waals surface area contributed by atoms with E-state index in [2.05, 4.69) is 4.28 Å². The van der Waals surface area contributed by atoms with Gasteiger partial charge in [-0.2, -0.15) is 13.5 Å². The molecule has 10 nitrogen and oxygen atoms in total. The Morgan fingerprint density at radius 1 is 1.55 bits per heavy atom. The predicted molar refractivity (Wildman–Crippen MR) is 65.7 cm³/mol. The molecule has 0 aromatic rings. The van der Waals surface area contributed by atoms with Crippen LogP contribution in [0.2, 0.25) is 0 Å². The SMILES string of the molecule is NC(=O)C1=C[C@@H](CO)N2C[C@@H]1N(OS(=O)(=O)O)C2=O.[NaH]. The first-order valence-corrected chi connectivity index (χ1v) is 6.50. The number of aliphatic hydroxyl groups excluding tert-OH is 1.